The van der Waals surface area contributed by atoms with E-state index in [0.717, 1.165) is 36.4 Å². The molecule has 1 saturated heterocycles. The average Bonchev–Trinajstić information content (AvgIpc) is 3.59. The van der Waals surface area contributed by atoms with Crippen LogP contribution >= 0.6 is 0 Å². The van der Waals surface area contributed by atoms with Gasteiger partial charge in [-0.1, -0.05) is 13.8 Å². The van der Waals surface area contributed by atoms with Gasteiger partial charge in [0.05, 0.1) is 18.2 Å². The third kappa shape index (κ3) is 10.7. The first-order chi connectivity index (χ1) is 31.6. The molecule has 2 heterocycles. The summed E-state index contributed by atoms with van der Waals surface area (Å²) in [7, 11) is 1.83. The van der Waals surface area contributed by atoms with Gasteiger partial charge < -0.3 is 41.2 Å². The zero-order valence-electron chi connectivity index (χ0n) is 42.3. The van der Waals surface area contributed by atoms with Crippen LogP contribution in [0.15, 0.2) is 12.5 Å². The van der Waals surface area contributed by atoms with Crippen molar-refractivity contribution in [3.05, 3.63) is 18.2 Å². The first kappa shape index (κ1) is 50.1. The molecule has 1 aliphatic heterocycles. The van der Waals surface area contributed by atoms with Crippen LogP contribution < -0.4 is 31.9 Å². The Bertz CT molecular complexity index is 2060. The van der Waals surface area contributed by atoms with E-state index in [1.807, 2.05) is 48.6 Å². The smallest absolute Gasteiger partial charge is 0.408 e. The lowest BCUT2D eigenvalue weighted by Crippen LogP contribution is -2.68. The van der Waals surface area contributed by atoms with Crippen LogP contribution in [0.5, 0.6) is 0 Å². The van der Waals surface area contributed by atoms with Crippen LogP contribution in [0.4, 0.5) is 4.79 Å². The van der Waals surface area contributed by atoms with Crippen LogP contribution in [-0.2, 0) is 47.4 Å². The van der Waals surface area contributed by atoms with E-state index in [1.165, 1.54) is 19.3 Å². The SMILES string of the molecule is CC(C)[C@H](NC(=O)C12C[C@@H]3C[C@@H](CC(NC(=O)[C@H](Cc4cncn4C)NC(=O)OC(C)(C)C)(C3)C1)C2)C(=O)N[C@@H](CC(=O)NC1CC(C)(C)N([O])C(C)(C)C1)C(=O)NC12CC3CC(CC(C3)C1)C2. The van der Waals surface area contributed by atoms with Crippen molar-refractivity contribution in [1.29, 1.82) is 0 Å². The highest BCUT2D eigenvalue weighted by atomic mass is 16.6. The van der Waals surface area contributed by atoms with Gasteiger partial charge in [-0.25, -0.2) is 9.78 Å². The molecule has 6 N–H and O–H groups in total. The van der Waals surface area contributed by atoms with Gasteiger partial charge in [0.25, 0.3) is 0 Å². The van der Waals surface area contributed by atoms with Crippen molar-refractivity contribution in [3.63, 3.8) is 0 Å². The molecule has 6 amide bonds. The van der Waals surface area contributed by atoms with Crippen molar-refractivity contribution in [3.8, 4) is 0 Å². The number of amides is 6. The number of piperidine rings is 1. The molecule has 8 bridgehead atoms. The lowest BCUT2D eigenvalue weighted by molar-refractivity contribution is -0.290. The predicted molar refractivity (Wildman–Crippen MR) is 252 cm³/mol. The third-order valence-corrected chi connectivity index (χ3v) is 16.9. The molecule has 9 fully saturated rings. The first-order valence-electron chi connectivity index (χ1n) is 25.6. The largest absolute Gasteiger partial charge is 0.444 e. The number of hydroxylamine groups is 2. The second kappa shape index (κ2) is 18.2. The highest BCUT2D eigenvalue weighted by Crippen LogP contribution is 2.62. The van der Waals surface area contributed by atoms with Gasteiger partial charge in [0.2, 0.25) is 29.5 Å². The number of hydrogen-bond donors (Lipinski definition) is 6. The summed E-state index contributed by atoms with van der Waals surface area (Å²) in [6, 6.07) is -3.47. The van der Waals surface area contributed by atoms with E-state index in [-0.39, 0.29) is 65.8 Å². The molecule has 17 heteroatoms. The number of aromatic nitrogens is 2. The minimum Gasteiger partial charge on any atom is -0.444 e. The summed E-state index contributed by atoms with van der Waals surface area (Å²) < 4.78 is 7.35. The zero-order valence-corrected chi connectivity index (χ0v) is 42.3. The van der Waals surface area contributed by atoms with Crippen molar-refractivity contribution < 1.29 is 38.7 Å². The summed E-state index contributed by atoms with van der Waals surface area (Å²) in [4.78, 5) is 89.8. The van der Waals surface area contributed by atoms with E-state index in [1.54, 1.807) is 37.9 Å². The van der Waals surface area contributed by atoms with Gasteiger partial charge in [0.15, 0.2) is 0 Å². The zero-order chi connectivity index (χ0) is 49.4. The Labute approximate surface area is 402 Å². The molecule has 7 atom stereocenters. The number of ether oxygens (including phenoxy) is 1. The summed E-state index contributed by atoms with van der Waals surface area (Å²) in [5, 5.41) is 33.0. The van der Waals surface area contributed by atoms with Gasteiger partial charge in [-0.3, -0.25) is 24.0 Å². The Morgan fingerprint density at radius 3 is 1.78 bits per heavy atom. The molecule has 9 aliphatic rings. The number of nitrogens with one attached hydrogen (secondary N) is 6. The molecule has 10 rings (SSSR count). The standard InChI is InChI=1S/C51H80N9O8/c1-29(2)40(43(64)54-38(16-39(61)53-35-24-47(6,7)60(67)48(8,9)25-35)42(63)57-50-19-30-11-31(20-50)13-32(12-30)21-50)56-44(65)49-17-33-14-34(18-49)23-51(22-33,27-49)58-41(62)37(15-36-26-52-28-59(36)10)55-45(66)68-46(3,4)5/h26,28-35,37-38,40H,11-25,27H2,1-10H3,(H,53,61)(H,54,64)(H,55,66)(H,56,65)(H,57,63)(H,58,62)/t30?,31?,32?,33-,34+,37-,38-,40-,49?,50?,51?/m0/s1. The van der Waals surface area contributed by atoms with E-state index in [4.69, 9.17) is 4.74 Å². The lowest BCUT2D eigenvalue weighted by atomic mass is 9.46. The molecule has 17 nitrogen and oxygen atoms in total. The number of carbonyl (C=O) groups is 6. The summed E-state index contributed by atoms with van der Waals surface area (Å²) >= 11 is 0. The molecular weight excluding hydrogens is 867 g/mol. The van der Waals surface area contributed by atoms with Crippen molar-refractivity contribution in [2.45, 2.75) is 217 Å². The fraction of sp³-hybridized carbons (Fsp3) is 0.824. The Kier molecular flexibility index (Phi) is 13.4. The maximum absolute atomic E-state index is 14.9. The van der Waals surface area contributed by atoms with Gasteiger partial charge in [-0.15, -0.1) is 10.3 Å². The number of hydrogen-bond acceptors (Lipinski definition) is 9. The maximum Gasteiger partial charge on any atom is 0.408 e. The Morgan fingerprint density at radius 2 is 1.25 bits per heavy atom. The molecule has 1 aromatic heterocycles. The minimum absolute atomic E-state index is 0.177. The van der Waals surface area contributed by atoms with E-state index in [9.17, 15) is 34.0 Å². The molecule has 2 unspecified atom stereocenters. The van der Waals surface area contributed by atoms with E-state index >= 15 is 0 Å². The third-order valence-electron chi connectivity index (χ3n) is 16.9. The highest BCUT2D eigenvalue weighted by molar-refractivity contribution is 5.96. The normalized spacial score (nSPS) is 33.6. The van der Waals surface area contributed by atoms with Crippen LogP contribution in [0.3, 0.4) is 0 Å². The Morgan fingerprint density at radius 1 is 0.721 bits per heavy atom. The lowest BCUT2D eigenvalue weighted by Gasteiger charge is -2.61. The average molecular weight is 947 g/mol. The first-order valence-corrected chi connectivity index (χ1v) is 25.6. The number of carbonyl (C=O) groups excluding carboxylic acids is 6. The summed E-state index contributed by atoms with van der Waals surface area (Å²) in [6.45, 7) is 16.5. The fourth-order valence-electron chi connectivity index (χ4n) is 15.2. The number of nitrogens with zero attached hydrogens (tertiary/aromatic N) is 3. The van der Waals surface area contributed by atoms with Crippen LogP contribution in [0.2, 0.25) is 0 Å². The molecule has 8 saturated carbocycles. The van der Waals surface area contributed by atoms with E-state index < -0.39 is 57.8 Å². The van der Waals surface area contributed by atoms with Crippen molar-refractivity contribution in [1.82, 2.24) is 46.5 Å². The van der Waals surface area contributed by atoms with Gasteiger partial charge in [0.1, 0.15) is 23.7 Å². The summed E-state index contributed by atoms with van der Waals surface area (Å²) in [5.74, 6) is -0.236. The predicted octanol–water partition coefficient (Wildman–Crippen LogP) is 4.90. The van der Waals surface area contributed by atoms with Gasteiger partial charge >= 0.3 is 6.09 Å². The summed E-state index contributed by atoms with van der Waals surface area (Å²) in [6.07, 6.45) is 13.6. The molecule has 1 aromatic rings. The molecule has 377 valence electrons. The number of aryl methyl sites for hydroxylation is 1. The van der Waals surface area contributed by atoms with Crippen LogP contribution in [0, 0.1) is 40.9 Å². The molecular formula is C51H80N9O8. The van der Waals surface area contributed by atoms with Gasteiger partial charge in [-0.2, -0.15) is 0 Å². The van der Waals surface area contributed by atoms with Gasteiger partial charge in [-0.05, 0) is 174 Å². The second-order valence-corrected chi connectivity index (χ2v) is 25.6. The minimum atomic E-state index is -1.19. The molecule has 0 aromatic carbocycles. The van der Waals surface area contributed by atoms with Crippen LogP contribution in [-0.4, -0.2) is 102 Å². The number of imidazole rings is 1. The van der Waals surface area contributed by atoms with Crippen LogP contribution in [0.25, 0.3) is 0 Å². The summed E-state index contributed by atoms with van der Waals surface area (Å²) in [5.41, 5.74) is -3.35. The fourth-order valence-corrected chi connectivity index (χ4v) is 15.2. The Hall–Kier alpha value is -4.25. The van der Waals surface area contributed by atoms with Crippen molar-refractivity contribution in [2.24, 2.45) is 48.0 Å². The molecule has 8 aliphatic carbocycles. The quantitative estimate of drug-likeness (QED) is 0.141. The number of alkyl carbamates (subject to hydrolysis) is 1. The van der Waals surface area contributed by atoms with Crippen molar-refractivity contribution >= 4 is 35.6 Å². The number of rotatable bonds is 15. The van der Waals surface area contributed by atoms with Crippen molar-refractivity contribution in [2.75, 3.05) is 0 Å². The van der Waals surface area contributed by atoms with Gasteiger partial charge in [0, 0.05) is 53.6 Å². The van der Waals surface area contributed by atoms with E-state index in [0.29, 0.717) is 62.7 Å². The van der Waals surface area contributed by atoms with E-state index in [2.05, 4.69) is 36.9 Å². The van der Waals surface area contributed by atoms with Crippen LogP contribution in [0.1, 0.15) is 164 Å². The molecule has 68 heavy (non-hydrogen) atoms. The maximum atomic E-state index is 14.9. The molecule has 1 radical (unpaired) electrons. The highest BCUT2D eigenvalue weighted by Gasteiger charge is 2.62. The topological polar surface area (TPSA) is 225 Å². The molecule has 0 spiro atoms. The monoisotopic (exact) mass is 947 g/mol. The Balaban J connectivity index is 0.978. The second-order valence-electron chi connectivity index (χ2n) is 25.6.